The number of amides is 1. The third-order valence-electron chi connectivity index (χ3n) is 4.24. The van der Waals surface area contributed by atoms with Crippen LogP contribution in [0.2, 0.25) is 0 Å². The first kappa shape index (κ1) is 19.9. The smallest absolute Gasteiger partial charge is 0.254 e. The number of carbonyl (C=O) groups is 1. The Balaban J connectivity index is 1.72. The molecule has 6 nitrogen and oxygen atoms in total. The van der Waals surface area contributed by atoms with Gasteiger partial charge in [-0.1, -0.05) is 36.4 Å². The number of sulfonamides is 1. The van der Waals surface area contributed by atoms with E-state index in [1.807, 2.05) is 49.4 Å². The number of carbonyl (C=O) groups excluding carboxylic acids is 1. The molecule has 7 heteroatoms. The lowest BCUT2D eigenvalue weighted by atomic mass is 10.2. The third-order valence-corrected chi connectivity index (χ3v) is 5.64. The average molecular weight is 398 g/mol. The predicted octanol–water partition coefficient (Wildman–Crippen LogP) is 3.34. The minimum atomic E-state index is -3.74. The highest BCUT2D eigenvalue weighted by Crippen LogP contribution is 2.16. The van der Waals surface area contributed by atoms with Crippen molar-refractivity contribution >= 4 is 15.9 Å². The van der Waals surface area contributed by atoms with Crippen molar-refractivity contribution in [1.29, 1.82) is 0 Å². The van der Waals surface area contributed by atoms with E-state index in [0.717, 1.165) is 11.3 Å². The first-order valence-corrected chi connectivity index (χ1v) is 10.3. The van der Waals surface area contributed by atoms with E-state index in [1.54, 1.807) is 19.2 Å². The molecular weight excluding hydrogens is 376 g/mol. The van der Waals surface area contributed by atoms with E-state index >= 15 is 0 Å². The molecule has 0 fully saturated rings. The Morgan fingerprint density at radius 1 is 1.04 bits per heavy atom. The summed E-state index contributed by atoms with van der Waals surface area (Å²) in [4.78, 5) is 14.2. The minimum absolute atomic E-state index is 0.0523. The highest BCUT2D eigenvalue weighted by atomic mass is 32.2. The lowest BCUT2D eigenvalue weighted by molar-refractivity contribution is 0.0774. The molecule has 146 valence electrons. The molecule has 0 saturated carbocycles. The molecule has 3 aromatic rings. The van der Waals surface area contributed by atoms with Crippen LogP contribution in [0.15, 0.2) is 76.0 Å². The van der Waals surface area contributed by atoms with E-state index in [-0.39, 0.29) is 17.3 Å². The van der Waals surface area contributed by atoms with E-state index in [4.69, 9.17) is 4.42 Å². The summed E-state index contributed by atoms with van der Waals surface area (Å²) in [6.45, 7) is 2.32. The highest BCUT2D eigenvalue weighted by Gasteiger charge is 2.18. The van der Waals surface area contributed by atoms with E-state index in [1.165, 1.54) is 17.0 Å². The molecular formula is C21H22N2O4S. The zero-order valence-corrected chi connectivity index (χ0v) is 16.6. The van der Waals surface area contributed by atoms with Gasteiger partial charge in [-0.2, -0.15) is 0 Å². The number of benzene rings is 2. The predicted molar refractivity (Wildman–Crippen MR) is 106 cm³/mol. The van der Waals surface area contributed by atoms with Crippen LogP contribution in [-0.2, 0) is 23.1 Å². The zero-order valence-electron chi connectivity index (χ0n) is 15.8. The van der Waals surface area contributed by atoms with Crippen LogP contribution in [0, 0.1) is 6.92 Å². The maximum absolute atomic E-state index is 12.7. The molecule has 0 saturated heterocycles. The minimum Gasteiger partial charge on any atom is -0.464 e. The lowest BCUT2D eigenvalue weighted by Crippen LogP contribution is -2.27. The van der Waals surface area contributed by atoms with E-state index < -0.39 is 10.0 Å². The normalized spacial score (nSPS) is 11.4. The van der Waals surface area contributed by atoms with E-state index in [9.17, 15) is 13.2 Å². The topological polar surface area (TPSA) is 79.6 Å². The molecule has 2 aromatic carbocycles. The van der Waals surface area contributed by atoms with Gasteiger partial charge < -0.3 is 9.32 Å². The van der Waals surface area contributed by atoms with Crippen LogP contribution < -0.4 is 4.72 Å². The number of rotatable bonds is 7. The molecule has 0 atom stereocenters. The Hall–Kier alpha value is -2.90. The van der Waals surface area contributed by atoms with E-state index in [0.29, 0.717) is 17.9 Å². The second-order valence-electron chi connectivity index (χ2n) is 6.51. The molecule has 0 radical (unpaired) electrons. The molecule has 0 aliphatic rings. The van der Waals surface area contributed by atoms with Crippen LogP contribution in [-0.4, -0.2) is 26.3 Å². The Morgan fingerprint density at radius 2 is 1.79 bits per heavy atom. The highest BCUT2D eigenvalue weighted by molar-refractivity contribution is 7.89. The molecule has 28 heavy (non-hydrogen) atoms. The fourth-order valence-electron chi connectivity index (χ4n) is 2.75. The van der Waals surface area contributed by atoms with Crippen molar-refractivity contribution < 1.29 is 17.6 Å². The van der Waals surface area contributed by atoms with Crippen LogP contribution in [0.3, 0.4) is 0 Å². The molecule has 1 amide bonds. The second kappa shape index (κ2) is 8.41. The Bertz CT molecular complexity index is 1060. The SMILES string of the molecule is Cc1ccc(CN(C)C(=O)c2cccc(S(=O)(=O)NCc3ccccc3)c2)o1. The molecule has 1 heterocycles. The molecule has 0 aliphatic heterocycles. The quantitative estimate of drug-likeness (QED) is 0.662. The summed E-state index contributed by atoms with van der Waals surface area (Å²) in [7, 11) is -2.09. The number of hydrogen-bond acceptors (Lipinski definition) is 4. The van der Waals surface area contributed by atoms with Gasteiger partial charge in [-0.25, -0.2) is 13.1 Å². The maximum atomic E-state index is 12.7. The number of furan rings is 1. The molecule has 0 unspecified atom stereocenters. The zero-order chi connectivity index (χ0) is 20.1. The van der Waals surface area contributed by atoms with Crippen molar-refractivity contribution in [1.82, 2.24) is 9.62 Å². The van der Waals surface area contributed by atoms with Gasteiger partial charge in [-0.3, -0.25) is 4.79 Å². The number of nitrogens with zero attached hydrogens (tertiary/aromatic N) is 1. The van der Waals surface area contributed by atoms with Gasteiger partial charge in [0.25, 0.3) is 5.91 Å². The third kappa shape index (κ3) is 4.88. The fraction of sp³-hybridized carbons (Fsp3) is 0.190. The number of aryl methyl sites for hydroxylation is 1. The maximum Gasteiger partial charge on any atom is 0.254 e. The van der Waals surface area contributed by atoms with Gasteiger partial charge in [0.2, 0.25) is 10.0 Å². The van der Waals surface area contributed by atoms with Gasteiger partial charge in [-0.05, 0) is 42.8 Å². The van der Waals surface area contributed by atoms with E-state index in [2.05, 4.69) is 4.72 Å². The fourth-order valence-corrected chi connectivity index (χ4v) is 3.81. The summed E-state index contributed by atoms with van der Waals surface area (Å²) < 4.78 is 33.2. The van der Waals surface area contributed by atoms with Crippen LogP contribution in [0.1, 0.15) is 27.4 Å². The summed E-state index contributed by atoms with van der Waals surface area (Å²) in [5.41, 5.74) is 1.15. The van der Waals surface area contributed by atoms with Crippen molar-refractivity contribution in [2.24, 2.45) is 0 Å². The van der Waals surface area contributed by atoms with Crippen LogP contribution in [0.5, 0.6) is 0 Å². The van der Waals surface area contributed by atoms with Crippen molar-refractivity contribution in [3.8, 4) is 0 Å². The first-order chi connectivity index (χ1) is 13.3. The summed E-state index contributed by atoms with van der Waals surface area (Å²) in [5, 5.41) is 0. The molecule has 3 rings (SSSR count). The monoisotopic (exact) mass is 398 g/mol. The van der Waals surface area contributed by atoms with Gasteiger partial charge in [0.15, 0.2) is 0 Å². The Labute approximate surface area is 164 Å². The summed E-state index contributed by atoms with van der Waals surface area (Å²) in [6, 6.07) is 18.9. The number of nitrogens with one attached hydrogen (secondary N) is 1. The molecule has 0 bridgehead atoms. The lowest BCUT2D eigenvalue weighted by Gasteiger charge is -2.16. The number of hydrogen-bond donors (Lipinski definition) is 1. The average Bonchev–Trinajstić information content (AvgIpc) is 3.11. The van der Waals surface area contributed by atoms with Gasteiger partial charge in [0, 0.05) is 19.2 Å². The van der Waals surface area contributed by atoms with Crippen LogP contribution >= 0.6 is 0 Å². The Morgan fingerprint density at radius 3 is 2.46 bits per heavy atom. The standard InChI is InChI=1S/C21H22N2O4S/c1-16-11-12-19(27-16)15-23(2)21(24)18-9-6-10-20(13-18)28(25,26)22-14-17-7-4-3-5-8-17/h3-13,22H,14-15H2,1-2H3. The Kier molecular flexibility index (Phi) is 5.96. The van der Waals surface area contributed by atoms with Gasteiger partial charge in [0.05, 0.1) is 11.4 Å². The van der Waals surface area contributed by atoms with Crippen molar-refractivity contribution in [3.63, 3.8) is 0 Å². The van der Waals surface area contributed by atoms with Gasteiger partial charge >= 0.3 is 0 Å². The van der Waals surface area contributed by atoms with Crippen molar-refractivity contribution in [2.45, 2.75) is 24.9 Å². The second-order valence-corrected chi connectivity index (χ2v) is 8.28. The summed E-state index contributed by atoms with van der Waals surface area (Å²) in [5.74, 6) is 1.16. The van der Waals surface area contributed by atoms with Crippen LogP contribution in [0.25, 0.3) is 0 Å². The molecule has 0 aliphatic carbocycles. The van der Waals surface area contributed by atoms with Crippen molar-refractivity contribution in [2.75, 3.05) is 7.05 Å². The molecule has 1 aromatic heterocycles. The van der Waals surface area contributed by atoms with Gasteiger partial charge in [-0.15, -0.1) is 0 Å². The van der Waals surface area contributed by atoms with Crippen LogP contribution in [0.4, 0.5) is 0 Å². The largest absolute Gasteiger partial charge is 0.464 e. The first-order valence-electron chi connectivity index (χ1n) is 8.79. The van der Waals surface area contributed by atoms with Gasteiger partial charge in [0.1, 0.15) is 11.5 Å². The summed E-state index contributed by atoms with van der Waals surface area (Å²) in [6.07, 6.45) is 0. The van der Waals surface area contributed by atoms with Crippen molar-refractivity contribution in [3.05, 3.63) is 89.4 Å². The molecule has 0 spiro atoms. The summed E-state index contributed by atoms with van der Waals surface area (Å²) >= 11 is 0. The molecule has 1 N–H and O–H groups in total.